The standard InChI is InChI=1S/C14H11F3O2S/c1-19-11-7-13(20-8-11)12(18)6-9-2-4-10(5-3-9)14(15,16)17/h2-5,7-8H,6H2,1H3. The Morgan fingerprint density at radius 3 is 2.40 bits per heavy atom. The molecule has 0 N–H and O–H groups in total. The second kappa shape index (κ2) is 5.66. The van der Waals surface area contributed by atoms with E-state index in [0.29, 0.717) is 16.2 Å². The van der Waals surface area contributed by atoms with Gasteiger partial charge in [0.15, 0.2) is 5.78 Å². The molecule has 0 fully saturated rings. The van der Waals surface area contributed by atoms with Crippen molar-refractivity contribution in [3.63, 3.8) is 0 Å². The largest absolute Gasteiger partial charge is 0.496 e. The first-order chi connectivity index (χ1) is 9.40. The van der Waals surface area contributed by atoms with E-state index in [9.17, 15) is 18.0 Å². The number of ether oxygens (including phenoxy) is 1. The minimum absolute atomic E-state index is 0.0712. The molecule has 0 radical (unpaired) electrons. The van der Waals surface area contributed by atoms with Crippen LogP contribution >= 0.6 is 11.3 Å². The fraction of sp³-hybridized carbons (Fsp3) is 0.214. The summed E-state index contributed by atoms with van der Waals surface area (Å²) in [5, 5.41) is 1.71. The first kappa shape index (κ1) is 14.6. The highest BCUT2D eigenvalue weighted by Crippen LogP contribution is 2.29. The van der Waals surface area contributed by atoms with Gasteiger partial charge < -0.3 is 4.74 Å². The van der Waals surface area contributed by atoms with Crippen LogP contribution in [0.4, 0.5) is 13.2 Å². The number of benzene rings is 1. The van der Waals surface area contributed by atoms with Crippen LogP contribution in [-0.4, -0.2) is 12.9 Å². The maximum atomic E-state index is 12.4. The van der Waals surface area contributed by atoms with E-state index in [0.717, 1.165) is 12.1 Å². The molecule has 1 aromatic heterocycles. The highest BCUT2D eigenvalue weighted by atomic mass is 32.1. The number of rotatable bonds is 4. The lowest BCUT2D eigenvalue weighted by Gasteiger charge is -2.07. The Morgan fingerprint density at radius 1 is 1.25 bits per heavy atom. The van der Waals surface area contributed by atoms with Gasteiger partial charge in [-0.2, -0.15) is 13.2 Å². The molecule has 0 saturated carbocycles. The third kappa shape index (κ3) is 3.39. The topological polar surface area (TPSA) is 26.3 Å². The zero-order valence-electron chi connectivity index (χ0n) is 10.5. The molecule has 0 unspecified atom stereocenters. The van der Waals surface area contributed by atoms with E-state index in [-0.39, 0.29) is 12.2 Å². The summed E-state index contributed by atoms with van der Waals surface area (Å²) in [6, 6.07) is 6.24. The zero-order chi connectivity index (χ0) is 14.8. The molecule has 0 aliphatic heterocycles. The van der Waals surface area contributed by atoms with Crippen molar-refractivity contribution in [1.29, 1.82) is 0 Å². The predicted octanol–water partition coefficient (Wildman–Crippen LogP) is 4.20. The van der Waals surface area contributed by atoms with Crippen molar-refractivity contribution in [3.8, 4) is 5.75 Å². The summed E-state index contributed by atoms with van der Waals surface area (Å²) >= 11 is 1.25. The van der Waals surface area contributed by atoms with E-state index in [2.05, 4.69) is 0 Å². The third-order valence-electron chi connectivity index (χ3n) is 2.73. The smallest absolute Gasteiger partial charge is 0.416 e. The Hall–Kier alpha value is -1.82. The van der Waals surface area contributed by atoms with Crippen molar-refractivity contribution in [3.05, 3.63) is 51.7 Å². The monoisotopic (exact) mass is 300 g/mol. The van der Waals surface area contributed by atoms with Crippen LogP contribution in [0.3, 0.4) is 0 Å². The van der Waals surface area contributed by atoms with E-state index in [1.165, 1.54) is 30.6 Å². The Kier molecular flexibility index (Phi) is 4.13. The first-order valence-corrected chi connectivity index (χ1v) is 6.60. The van der Waals surface area contributed by atoms with Gasteiger partial charge in [0.05, 0.1) is 17.6 Å². The van der Waals surface area contributed by atoms with E-state index < -0.39 is 11.7 Å². The second-order valence-corrected chi connectivity index (χ2v) is 5.06. The van der Waals surface area contributed by atoms with Gasteiger partial charge in [0.1, 0.15) is 5.75 Å². The molecule has 0 saturated heterocycles. The van der Waals surface area contributed by atoms with Crippen molar-refractivity contribution >= 4 is 17.1 Å². The molecule has 20 heavy (non-hydrogen) atoms. The number of methoxy groups -OCH3 is 1. The Bertz CT molecular complexity index is 600. The van der Waals surface area contributed by atoms with Crippen LogP contribution in [0.1, 0.15) is 20.8 Å². The van der Waals surface area contributed by atoms with Gasteiger partial charge in [0, 0.05) is 17.9 Å². The number of Topliss-reactive ketones (excluding diaryl/α,β-unsaturated/α-hetero) is 1. The molecule has 0 aliphatic carbocycles. The Morgan fingerprint density at radius 2 is 1.90 bits per heavy atom. The maximum absolute atomic E-state index is 12.4. The lowest BCUT2D eigenvalue weighted by atomic mass is 10.1. The number of carbonyl (C=O) groups is 1. The van der Waals surface area contributed by atoms with Gasteiger partial charge in [0.2, 0.25) is 0 Å². The minimum Gasteiger partial charge on any atom is -0.496 e. The fourth-order valence-corrected chi connectivity index (χ4v) is 2.45. The van der Waals surface area contributed by atoms with Crippen LogP contribution in [0.2, 0.25) is 0 Å². The summed E-state index contributed by atoms with van der Waals surface area (Å²) in [6.07, 6.45) is -4.29. The van der Waals surface area contributed by atoms with E-state index >= 15 is 0 Å². The molecule has 2 rings (SSSR count). The van der Waals surface area contributed by atoms with Gasteiger partial charge in [-0.25, -0.2) is 0 Å². The number of carbonyl (C=O) groups excluding carboxylic acids is 1. The molecule has 1 aromatic carbocycles. The first-order valence-electron chi connectivity index (χ1n) is 5.72. The molecule has 6 heteroatoms. The number of hydrogen-bond acceptors (Lipinski definition) is 3. The van der Waals surface area contributed by atoms with Gasteiger partial charge in [-0.15, -0.1) is 11.3 Å². The summed E-state index contributed by atoms with van der Waals surface area (Å²) in [7, 11) is 1.51. The molecular weight excluding hydrogens is 289 g/mol. The Balaban J connectivity index is 2.08. The van der Waals surface area contributed by atoms with Crippen molar-refractivity contribution in [2.75, 3.05) is 7.11 Å². The van der Waals surface area contributed by atoms with Gasteiger partial charge >= 0.3 is 6.18 Å². The summed E-state index contributed by atoms with van der Waals surface area (Å²) < 4.78 is 42.2. The predicted molar refractivity (Wildman–Crippen MR) is 70.3 cm³/mol. The molecule has 1 heterocycles. The number of alkyl halides is 3. The summed E-state index contributed by atoms with van der Waals surface area (Å²) in [6.45, 7) is 0. The lowest BCUT2D eigenvalue weighted by Crippen LogP contribution is -2.06. The van der Waals surface area contributed by atoms with Gasteiger partial charge in [-0.3, -0.25) is 4.79 Å². The average molecular weight is 300 g/mol. The second-order valence-electron chi connectivity index (χ2n) is 4.15. The lowest BCUT2D eigenvalue weighted by molar-refractivity contribution is -0.137. The van der Waals surface area contributed by atoms with Gasteiger partial charge in [-0.05, 0) is 17.7 Å². The summed E-state index contributed by atoms with van der Waals surface area (Å²) in [5.41, 5.74) is -0.165. The number of thiophene rings is 1. The quantitative estimate of drug-likeness (QED) is 0.791. The van der Waals surface area contributed by atoms with Crippen molar-refractivity contribution in [2.24, 2.45) is 0 Å². The van der Waals surface area contributed by atoms with Gasteiger partial charge in [0.25, 0.3) is 0 Å². The third-order valence-corrected chi connectivity index (χ3v) is 3.68. The number of hydrogen-bond donors (Lipinski definition) is 0. The molecule has 106 valence electrons. The molecule has 0 spiro atoms. The van der Waals surface area contributed by atoms with Crippen molar-refractivity contribution in [1.82, 2.24) is 0 Å². The maximum Gasteiger partial charge on any atom is 0.416 e. The van der Waals surface area contributed by atoms with Crippen LogP contribution in [0.25, 0.3) is 0 Å². The van der Waals surface area contributed by atoms with E-state index in [1.807, 2.05) is 0 Å². The Labute approximate surface area is 117 Å². The molecule has 0 amide bonds. The molecule has 0 bridgehead atoms. The van der Waals surface area contributed by atoms with Crippen LogP contribution in [0.15, 0.2) is 35.7 Å². The van der Waals surface area contributed by atoms with Crippen molar-refractivity contribution in [2.45, 2.75) is 12.6 Å². The highest BCUT2D eigenvalue weighted by molar-refractivity contribution is 7.12. The summed E-state index contributed by atoms with van der Waals surface area (Å²) in [5.74, 6) is 0.462. The molecule has 2 aromatic rings. The van der Waals surface area contributed by atoms with Gasteiger partial charge in [-0.1, -0.05) is 12.1 Å². The normalized spacial score (nSPS) is 11.4. The molecular formula is C14H11F3O2S. The van der Waals surface area contributed by atoms with Crippen LogP contribution in [0.5, 0.6) is 5.75 Å². The van der Waals surface area contributed by atoms with Crippen LogP contribution in [0, 0.1) is 0 Å². The minimum atomic E-state index is -4.36. The van der Waals surface area contributed by atoms with E-state index in [1.54, 1.807) is 11.4 Å². The number of ketones is 1. The number of halogens is 3. The molecule has 2 nitrogen and oxygen atoms in total. The van der Waals surface area contributed by atoms with Crippen LogP contribution < -0.4 is 4.74 Å². The SMILES string of the molecule is COc1csc(C(=O)Cc2ccc(C(F)(F)F)cc2)c1. The van der Waals surface area contributed by atoms with Crippen LogP contribution in [-0.2, 0) is 12.6 Å². The molecule has 0 atom stereocenters. The van der Waals surface area contributed by atoms with E-state index in [4.69, 9.17) is 4.74 Å². The highest BCUT2D eigenvalue weighted by Gasteiger charge is 2.29. The zero-order valence-corrected chi connectivity index (χ0v) is 11.3. The molecule has 0 aliphatic rings. The average Bonchev–Trinajstić information content (AvgIpc) is 2.87. The fourth-order valence-electron chi connectivity index (χ4n) is 1.66. The summed E-state index contributed by atoms with van der Waals surface area (Å²) in [4.78, 5) is 12.5. The van der Waals surface area contributed by atoms with Crippen molar-refractivity contribution < 1.29 is 22.7 Å².